The smallest absolute Gasteiger partial charge is 0.239 e. The average molecular weight is 544 g/mol. The molecule has 204 valence electrons. The van der Waals surface area contributed by atoms with Gasteiger partial charge in [0.05, 0.1) is 17.0 Å². The van der Waals surface area contributed by atoms with Gasteiger partial charge in [0.1, 0.15) is 18.0 Å². The van der Waals surface area contributed by atoms with Gasteiger partial charge >= 0.3 is 0 Å². The van der Waals surface area contributed by atoms with E-state index in [0.29, 0.717) is 54.0 Å². The molecular weight excluding hydrogens is 514 g/mol. The highest BCUT2D eigenvalue weighted by molar-refractivity contribution is 5.93. The highest BCUT2D eigenvalue weighted by atomic mass is 16.3. The number of pyridine rings is 1. The number of aliphatic hydroxyl groups is 1. The summed E-state index contributed by atoms with van der Waals surface area (Å²) in [6.45, 7) is 0.337. The Morgan fingerprint density at radius 1 is 0.854 bits per heavy atom. The van der Waals surface area contributed by atoms with E-state index in [1.807, 2.05) is 58.0 Å². The first-order chi connectivity index (χ1) is 19.9. The van der Waals surface area contributed by atoms with E-state index in [0.717, 1.165) is 40.9 Å². The Morgan fingerprint density at radius 3 is 2.29 bits per heavy atom. The van der Waals surface area contributed by atoms with Crippen molar-refractivity contribution in [2.24, 2.45) is 22.4 Å². The topological polar surface area (TPSA) is 144 Å². The van der Waals surface area contributed by atoms with Crippen LogP contribution in [0.3, 0.4) is 0 Å². The number of nitrogens with zero attached hydrogens (tertiary/aromatic N) is 7. The highest BCUT2D eigenvalue weighted by Gasteiger charge is 2.58. The van der Waals surface area contributed by atoms with Crippen LogP contribution in [0.2, 0.25) is 0 Å². The van der Waals surface area contributed by atoms with Crippen LogP contribution < -0.4 is 16.4 Å². The molecule has 4 heterocycles. The largest absolute Gasteiger partial charge is 0.389 e. The van der Waals surface area contributed by atoms with E-state index < -0.39 is 11.1 Å². The molecule has 10 nitrogen and oxygen atoms in total. The van der Waals surface area contributed by atoms with Crippen LogP contribution >= 0.6 is 0 Å². The second-order valence-corrected chi connectivity index (χ2v) is 11.5. The van der Waals surface area contributed by atoms with Crippen molar-refractivity contribution in [2.45, 2.75) is 36.8 Å². The van der Waals surface area contributed by atoms with Crippen LogP contribution in [0.1, 0.15) is 31.2 Å². The molecule has 2 fully saturated rings. The van der Waals surface area contributed by atoms with Gasteiger partial charge in [0, 0.05) is 22.9 Å². The van der Waals surface area contributed by atoms with Gasteiger partial charge < -0.3 is 16.6 Å². The number of aliphatic imine (C=N–C) groups is 1. The zero-order valence-electron chi connectivity index (χ0n) is 22.4. The van der Waals surface area contributed by atoms with Crippen molar-refractivity contribution >= 4 is 28.6 Å². The normalized spacial score (nSPS) is 24.0. The molecule has 1 aliphatic heterocycles. The molecule has 5 N–H and O–H groups in total. The zero-order valence-corrected chi connectivity index (χ0v) is 22.4. The first-order valence-corrected chi connectivity index (χ1v) is 13.9. The minimum absolute atomic E-state index is 0.337. The number of benzene rings is 2. The average Bonchev–Trinajstić information content (AvgIpc) is 3.76. The van der Waals surface area contributed by atoms with E-state index in [-0.39, 0.29) is 0 Å². The van der Waals surface area contributed by atoms with Crippen molar-refractivity contribution in [3.05, 3.63) is 84.6 Å². The Kier molecular flexibility index (Phi) is 5.10. The summed E-state index contributed by atoms with van der Waals surface area (Å²) in [5.41, 5.74) is 18.0. The molecule has 0 atom stereocenters. The molecule has 0 amide bonds. The van der Waals surface area contributed by atoms with Crippen molar-refractivity contribution in [1.82, 2.24) is 24.6 Å². The summed E-state index contributed by atoms with van der Waals surface area (Å²) in [6.07, 6.45) is 7.01. The third-order valence-electron chi connectivity index (χ3n) is 8.63. The molecule has 3 aromatic heterocycles. The predicted molar refractivity (Wildman–Crippen MR) is 158 cm³/mol. The van der Waals surface area contributed by atoms with Crippen molar-refractivity contribution in [2.75, 3.05) is 11.6 Å². The standard InChI is InChI=1S/C31H29N9O/c32-24-14-15-39(18-34-24)29-38-37-25-13-12-23-28(40(25)29)36-27(19-4-2-1-3-5-19)26(35-23)20-6-8-21(9-7-20)30(33)16-31(41,17-30)22-10-11-22/h1-9,12-15,22,41H,10-11,16-18,33H2,(H2,32,34). The number of hydrogen-bond acceptors (Lipinski definition) is 9. The second kappa shape index (κ2) is 8.66. The van der Waals surface area contributed by atoms with Gasteiger partial charge in [-0.3, -0.25) is 4.90 Å². The molecule has 3 aliphatic rings. The predicted octanol–water partition coefficient (Wildman–Crippen LogP) is 3.74. The molecule has 2 aromatic carbocycles. The minimum Gasteiger partial charge on any atom is -0.389 e. The van der Waals surface area contributed by atoms with Gasteiger partial charge in [-0.05, 0) is 55.4 Å². The van der Waals surface area contributed by atoms with E-state index in [1.54, 1.807) is 6.08 Å². The maximum absolute atomic E-state index is 10.9. The number of aromatic nitrogens is 5. The number of fused-ring (bicyclic) bond motifs is 3. The maximum atomic E-state index is 10.9. The van der Waals surface area contributed by atoms with Gasteiger partial charge in [-0.25, -0.2) is 19.4 Å². The minimum atomic E-state index is -0.604. The van der Waals surface area contributed by atoms with Gasteiger partial charge in [0.15, 0.2) is 11.3 Å². The van der Waals surface area contributed by atoms with Gasteiger partial charge in [0.25, 0.3) is 0 Å². The van der Waals surface area contributed by atoms with Crippen molar-refractivity contribution in [3.8, 4) is 22.5 Å². The van der Waals surface area contributed by atoms with Crippen LogP contribution in [0.25, 0.3) is 39.3 Å². The number of rotatable bonds is 5. The van der Waals surface area contributed by atoms with Crippen LogP contribution in [-0.4, -0.2) is 47.8 Å². The summed E-state index contributed by atoms with van der Waals surface area (Å²) in [7, 11) is 0. The van der Waals surface area contributed by atoms with E-state index in [9.17, 15) is 5.11 Å². The highest BCUT2D eigenvalue weighted by Crippen LogP contribution is 2.57. The molecule has 2 saturated carbocycles. The summed E-state index contributed by atoms with van der Waals surface area (Å²) < 4.78 is 1.90. The zero-order chi connectivity index (χ0) is 27.8. The molecule has 0 spiro atoms. The van der Waals surface area contributed by atoms with Crippen molar-refractivity contribution in [1.29, 1.82) is 0 Å². The lowest BCUT2D eigenvalue weighted by molar-refractivity contribution is -0.106. The molecule has 0 bridgehead atoms. The van der Waals surface area contributed by atoms with Gasteiger partial charge in [-0.2, -0.15) is 0 Å². The summed E-state index contributed by atoms with van der Waals surface area (Å²) >= 11 is 0. The van der Waals surface area contributed by atoms with Crippen LogP contribution in [0, 0.1) is 5.92 Å². The molecule has 5 aromatic rings. The van der Waals surface area contributed by atoms with Crippen LogP contribution in [0.5, 0.6) is 0 Å². The van der Waals surface area contributed by atoms with Crippen molar-refractivity contribution in [3.63, 3.8) is 0 Å². The lowest BCUT2D eigenvalue weighted by atomic mass is 9.60. The number of nitrogens with two attached hydrogens (primary N) is 2. The Bertz CT molecular complexity index is 1870. The van der Waals surface area contributed by atoms with Gasteiger partial charge in [0.2, 0.25) is 5.95 Å². The van der Waals surface area contributed by atoms with E-state index in [2.05, 4.69) is 39.5 Å². The number of hydrogen-bond donors (Lipinski definition) is 3. The Morgan fingerprint density at radius 2 is 1.59 bits per heavy atom. The molecular formula is C31H29N9O. The lowest BCUT2D eigenvalue weighted by Crippen LogP contribution is -2.60. The first-order valence-electron chi connectivity index (χ1n) is 13.9. The lowest BCUT2D eigenvalue weighted by Gasteiger charge is -2.52. The molecule has 0 saturated heterocycles. The molecule has 10 heteroatoms. The third-order valence-corrected chi connectivity index (χ3v) is 8.63. The van der Waals surface area contributed by atoms with E-state index >= 15 is 0 Å². The molecule has 41 heavy (non-hydrogen) atoms. The van der Waals surface area contributed by atoms with E-state index in [1.165, 1.54) is 0 Å². The maximum Gasteiger partial charge on any atom is 0.239 e. The Balaban J connectivity index is 1.24. The summed E-state index contributed by atoms with van der Waals surface area (Å²) in [5.74, 6) is 1.47. The molecule has 0 radical (unpaired) electrons. The van der Waals surface area contributed by atoms with Crippen LogP contribution in [0.4, 0.5) is 5.95 Å². The Labute approximate surface area is 236 Å². The molecule has 8 rings (SSSR count). The van der Waals surface area contributed by atoms with E-state index in [4.69, 9.17) is 21.4 Å². The van der Waals surface area contributed by atoms with Crippen LogP contribution in [-0.2, 0) is 5.54 Å². The first kappa shape index (κ1) is 24.2. The quantitative estimate of drug-likeness (QED) is 0.304. The molecule has 2 aliphatic carbocycles. The summed E-state index contributed by atoms with van der Waals surface area (Å²) in [6, 6.07) is 22.1. The number of amidine groups is 1. The summed E-state index contributed by atoms with van der Waals surface area (Å²) in [4.78, 5) is 16.5. The SMILES string of the molecule is NC1=NCN(c2nnc3ccc4nc(-c5ccc(C6(N)CC(O)(C7CC7)C6)cc5)c(-c5ccccc5)nc4n23)C=C1. The fourth-order valence-electron chi connectivity index (χ4n) is 6.32. The number of anilines is 1. The third kappa shape index (κ3) is 3.90. The second-order valence-electron chi connectivity index (χ2n) is 11.5. The van der Waals surface area contributed by atoms with Gasteiger partial charge in [-0.1, -0.05) is 54.6 Å². The van der Waals surface area contributed by atoms with Crippen LogP contribution in [0.15, 0.2) is 84.0 Å². The fourth-order valence-corrected chi connectivity index (χ4v) is 6.32. The molecule has 0 unspecified atom stereocenters. The van der Waals surface area contributed by atoms with Gasteiger partial charge in [-0.15, -0.1) is 10.2 Å². The monoisotopic (exact) mass is 543 g/mol. The van der Waals surface area contributed by atoms with Crippen molar-refractivity contribution < 1.29 is 5.11 Å². The fraction of sp³-hybridized carbons (Fsp3) is 0.258. The summed E-state index contributed by atoms with van der Waals surface area (Å²) in [5, 5.41) is 19.7. The Hall–Kier alpha value is -4.67.